The lowest BCUT2D eigenvalue weighted by atomic mass is 10.2. The van der Waals surface area contributed by atoms with Crippen molar-refractivity contribution in [3.63, 3.8) is 0 Å². The second-order valence-electron chi connectivity index (χ2n) is 6.76. The molecule has 0 aliphatic carbocycles. The predicted octanol–water partition coefficient (Wildman–Crippen LogP) is 1.88. The van der Waals surface area contributed by atoms with Crippen LogP contribution < -0.4 is 5.32 Å². The fourth-order valence-corrected chi connectivity index (χ4v) is 5.01. The number of nitrogens with zero attached hydrogens (tertiary/aromatic N) is 4. The molecular weight excluding hydrogens is 394 g/mol. The zero-order chi connectivity index (χ0) is 20.4. The molecule has 1 fully saturated rings. The first-order chi connectivity index (χ1) is 14.0. The predicted molar refractivity (Wildman–Crippen MR) is 104 cm³/mol. The Morgan fingerprint density at radius 3 is 2.76 bits per heavy atom. The SMILES string of the molecule is Cc1oc(C(=O)NCc2cccnc2-n2cccn2)cc1S(=O)(=O)N1CCCC1. The average Bonchev–Trinajstić information content (AvgIpc) is 3.47. The summed E-state index contributed by atoms with van der Waals surface area (Å²) < 4.78 is 34.0. The number of hydrogen-bond acceptors (Lipinski definition) is 6. The minimum atomic E-state index is -3.65. The Labute approximate surface area is 168 Å². The summed E-state index contributed by atoms with van der Waals surface area (Å²) in [7, 11) is -3.65. The quantitative estimate of drug-likeness (QED) is 0.658. The van der Waals surface area contributed by atoms with Crippen molar-refractivity contribution in [1.82, 2.24) is 24.4 Å². The maximum absolute atomic E-state index is 12.8. The Kier molecular flexibility index (Phi) is 5.20. The van der Waals surface area contributed by atoms with Gasteiger partial charge in [-0.1, -0.05) is 6.07 Å². The molecule has 4 rings (SSSR count). The molecule has 4 heterocycles. The summed E-state index contributed by atoms with van der Waals surface area (Å²) in [6, 6.07) is 6.69. The minimum Gasteiger partial charge on any atom is -0.455 e. The Morgan fingerprint density at radius 2 is 2.03 bits per heavy atom. The topological polar surface area (TPSA) is 110 Å². The maximum atomic E-state index is 12.8. The van der Waals surface area contributed by atoms with Crippen LogP contribution in [0, 0.1) is 6.92 Å². The van der Waals surface area contributed by atoms with Crippen LogP contribution in [0.4, 0.5) is 0 Å². The number of amides is 1. The Bertz CT molecular complexity index is 1120. The highest BCUT2D eigenvalue weighted by molar-refractivity contribution is 7.89. The smallest absolute Gasteiger partial charge is 0.287 e. The molecule has 0 spiro atoms. The zero-order valence-corrected chi connectivity index (χ0v) is 16.7. The summed E-state index contributed by atoms with van der Waals surface area (Å²) in [6.45, 7) is 2.73. The van der Waals surface area contributed by atoms with Crippen molar-refractivity contribution >= 4 is 15.9 Å². The lowest BCUT2D eigenvalue weighted by Crippen LogP contribution is -2.28. The molecule has 3 aromatic rings. The number of aromatic nitrogens is 3. The molecule has 152 valence electrons. The number of hydrogen-bond donors (Lipinski definition) is 1. The molecule has 1 saturated heterocycles. The normalized spacial score (nSPS) is 14.9. The summed E-state index contributed by atoms with van der Waals surface area (Å²) in [5, 5.41) is 6.92. The molecule has 0 radical (unpaired) electrons. The van der Waals surface area contributed by atoms with Gasteiger partial charge in [-0.25, -0.2) is 18.1 Å². The van der Waals surface area contributed by atoms with Gasteiger partial charge in [0.1, 0.15) is 10.7 Å². The van der Waals surface area contributed by atoms with E-state index in [1.165, 1.54) is 10.4 Å². The Morgan fingerprint density at radius 1 is 1.24 bits per heavy atom. The summed E-state index contributed by atoms with van der Waals surface area (Å²) >= 11 is 0. The number of carbonyl (C=O) groups excluding carboxylic acids is 1. The fraction of sp³-hybridized carbons (Fsp3) is 0.316. The van der Waals surface area contributed by atoms with Crippen LogP contribution in [0.25, 0.3) is 5.82 Å². The van der Waals surface area contributed by atoms with Crippen molar-refractivity contribution in [1.29, 1.82) is 0 Å². The van der Waals surface area contributed by atoms with Gasteiger partial charge in [-0.3, -0.25) is 4.79 Å². The van der Waals surface area contributed by atoms with Gasteiger partial charge in [0.05, 0.1) is 0 Å². The van der Waals surface area contributed by atoms with E-state index in [1.807, 2.05) is 6.07 Å². The van der Waals surface area contributed by atoms with Crippen LogP contribution in [0.3, 0.4) is 0 Å². The summed E-state index contributed by atoms with van der Waals surface area (Å²) in [5.74, 6) is 0.280. The van der Waals surface area contributed by atoms with E-state index in [9.17, 15) is 13.2 Å². The molecule has 10 heteroatoms. The highest BCUT2D eigenvalue weighted by Crippen LogP contribution is 2.26. The molecule has 0 atom stereocenters. The molecule has 0 aromatic carbocycles. The molecule has 0 bridgehead atoms. The van der Waals surface area contributed by atoms with Crippen LogP contribution >= 0.6 is 0 Å². The molecular formula is C19H21N5O4S. The first kappa shape index (κ1) is 19.3. The standard InChI is InChI=1S/C19H21N5O4S/c1-14-17(29(26,27)23-9-2-3-10-23)12-16(28-14)19(25)21-13-15-6-4-7-20-18(15)24-11-5-8-22-24/h4-8,11-12H,2-3,9-10,13H2,1H3,(H,21,25). The number of nitrogens with one attached hydrogen (secondary N) is 1. The third-order valence-corrected chi connectivity index (χ3v) is 6.81. The van der Waals surface area contributed by atoms with Crippen molar-refractivity contribution < 1.29 is 17.6 Å². The summed E-state index contributed by atoms with van der Waals surface area (Å²) in [6.07, 6.45) is 6.73. The number of sulfonamides is 1. The third-order valence-electron chi connectivity index (χ3n) is 4.81. The van der Waals surface area contributed by atoms with Gasteiger partial charge >= 0.3 is 0 Å². The van der Waals surface area contributed by atoms with Gasteiger partial charge in [0.15, 0.2) is 11.6 Å². The fourth-order valence-electron chi connectivity index (χ4n) is 3.33. The number of pyridine rings is 1. The van der Waals surface area contributed by atoms with E-state index in [1.54, 1.807) is 42.3 Å². The second-order valence-corrected chi connectivity index (χ2v) is 8.67. The van der Waals surface area contributed by atoms with Gasteiger partial charge in [-0.05, 0) is 31.9 Å². The highest BCUT2D eigenvalue weighted by Gasteiger charge is 2.31. The van der Waals surface area contributed by atoms with Crippen LogP contribution in [-0.2, 0) is 16.6 Å². The first-order valence-corrected chi connectivity index (χ1v) is 10.7. The Balaban J connectivity index is 1.51. The summed E-state index contributed by atoms with van der Waals surface area (Å²) in [5.41, 5.74) is 0.762. The van der Waals surface area contributed by atoms with Gasteiger partial charge in [0, 0.05) is 49.9 Å². The van der Waals surface area contributed by atoms with E-state index >= 15 is 0 Å². The van der Waals surface area contributed by atoms with Crippen molar-refractivity contribution in [2.24, 2.45) is 0 Å². The minimum absolute atomic E-state index is 0.0372. The molecule has 0 unspecified atom stereocenters. The number of furan rings is 1. The van der Waals surface area contributed by atoms with E-state index in [2.05, 4.69) is 15.4 Å². The van der Waals surface area contributed by atoms with E-state index in [0.29, 0.717) is 18.9 Å². The molecule has 3 aromatic heterocycles. The van der Waals surface area contributed by atoms with Gasteiger partial charge < -0.3 is 9.73 Å². The Hall–Kier alpha value is -2.98. The van der Waals surface area contributed by atoms with Gasteiger partial charge in [-0.2, -0.15) is 9.40 Å². The zero-order valence-electron chi connectivity index (χ0n) is 15.9. The molecule has 1 N–H and O–H groups in total. The lowest BCUT2D eigenvalue weighted by molar-refractivity contribution is 0.0922. The monoisotopic (exact) mass is 415 g/mol. The lowest BCUT2D eigenvalue weighted by Gasteiger charge is -2.14. The van der Waals surface area contributed by atoms with Crippen molar-refractivity contribution in [3.8, 4) is 5.82 Å². The molecule has 0 saturated carbocycles. The molecule has 1 amide bonds. The molecule has 29 heavy (non-hydrogen) atoms. The van der Waals surface area contributed by atoms with Gasteiger partial charge in [0.25, 0.3) is 5.91 Å². The van der Waals surface area contributed by atoms with E-state index in [0.717, 1.165) is 18.4 Å². The van der Waals surface area contributed by atoms with E-state index in [4.69, 9.17) is 4.42 Å². The largest absolute Gasteiger partial charge is 0.455 e. The van der Waals surface area contributed by atoms with Crippen molar-refractivity contribution in [2.45, 2.75) is 31.2 Å². The average molecular weight is 415 g/mol. The van der Waals surface area contributed by atoms with Gasteiger partial charge in [-0.15, -0.1) is 0 Å². The van der Waals surface area contributed by atoms with Crippen molar-refractivity contribution in [3.05, 3.63) is 59.9 Å². The van der Waals surface area contributed by atoms with Crippen LogP contribution in [0.1, 0.15) is 34.7 Å². The van der Waals surface area contributed by atoms with Gasteiger partial charge in [0.2, 0.25) is 10.0 Å². The number of aryl methyl sites for hydroxylation is 1. The number of rotatable bonds is 6. The highest BCUT2D eigenvalue weighted by atomic mass is 32.2. The third kappa shape index (κ3) is 3.81. The number of carbonyl (C=O) groups is 1. The van der Waals surface area contributed by atoms with E-state index in [-0.39, 0.29) is 23.0 Å². The molecule has 1 aliphatic heterocycles. The first-order valence-electron chi connectivity index (χ1n) is 9.29. The van der Waals surface area contributed by atoms with Crippen LogP contribution in [0.2, 0.25) is 0 Å². The van der Waals surface area contributed by atoms with Crippen LogP contribution in [0.5, 0.6) is 0 Å². The van der Waals surface area contributed by atoms with Crippen LogP contribution in [-0.4, -0.2) is 46.5 Å². The maximum Gasteiger partial charge on any atom is 0.287 e. The van der Waals surface area contributed by atoms with Crippen molar-refractivity contribution in [2.75, 3.05) is 13.1 Å². The van der Waals surface area contributed by atoms with E-state index < -0.39 is 15.9 Å². The molecule has 1 aliphatic rings. The summed E-state index contributed by atoms with van der Waals surface area (Å²) in [4.78, 5) is 16.9. The van der Waals surface area contributed by atoms with Crippen LogP contribution in [0.15, 0.2) is 52.2 Å². The second kappa shape index (κ2) is 7.80. The molecule has 9 nitrogen and oxygen atoms in total.